The second-order valence-corrected chi connectivity index (χ2v) is 10.5. The number of para-hydroxylation sites is 1. The van der Waals surface area contributed by atoms with E-state index in [-0.39, 0.29) is 11.8 Å². The summed E-state index contributed by atoms with van der Waals surface area (Å²) in [5.41, 5.74) is 3.42. The van der Waals surface area contributed by atoms with Crippen LogP contribution in [0.1, 0.15) is 26.3 Å². The fourth-order valence-corrected chi connectivity index (χ4v) is 5.89. The van der Waals surface area contributed by atoms with Gasteiger partial charge < -0.3 is 15.5 Å². The number of hydrogen-bond acceptors (Lipinski definition) is 6. The van der Waals surface area contributed by atoms with Gasteiger partial charge in [-0.2, -0.15) is 0 Å². The minimum absolute atomic E-state index is 0.136. The molecule has 35 heavy (non-hydrogen) atoms. The van der Waals surface area contributed by atoms with Gasteiger partial charge in [-0.1, -0.05) is 36.4 Å². The lowest BCUT2D eigenvalue weighted by atomic mass is 10.1. The van der Waals surface area contributed by atoms with Crippen molar-refractivity contribution >= 4 is 41.2 Å². The van der Waals surface area contributed by atoms with Gasteiger partial charge in [-0.25, -0.2) is 4.31 Å². The molecule has 6 nitrogen and oxygen atoms in total. The van der Waals surface area contributed by atoms with Crippen LogP contribution in [0.25, 0.3) is 0 Å². The Morgan fingerprint density at radius 2 is 1.60 bits per heavy atom. The summed E-state index contributed by atoms with van der Waals surface area (Å²) in [5, 5.41) is 5.79. The monoisotopic (exact) mass is 506 g/mol. The summed E-state index contributed by atoms with van der Waals surface area (Å²) < 4.78 is 2.30. The minimum atomic E-state index is -0.148. The summed E-state index contributed by atoms with van der Waals surface area (Å²) in [7, 11) is 2.03. The molecule has 2 N–H and O–H groups in total. The molecule has 1 heterocycles. The number of benzene rings is 3. The van der Waals surface area contributed by atoms with E-state index >= 15 is 0 Å². The third kappa shape index (κ3) is 7.52. The van der Waals surface area contributed by atoms with E-state index in [1.165, 1.54) is 0 Å². The highest BCUT2D eigenvalue weighted by Gasteiger charge is 2.14. The fraction of sp³-hybridized carbons (Fsp3) is 0.259. The van der Waals surface area contributed by atoms with Crippen molar-refractivity contribution in [3.8, 4) is 0 Å². The molecule has 0 radical (unpaired) electrons. The Kier molecular flexibility index (Phi) is 9.11. The summed E-state index contributed by atoms with van der Waals surface area (Å²) in [5.74, 6) is 1.87. The maximum atomic E-state index is 12.6. The molecule has 182 valence electrons. The number of nitrogens with zero attached hydrogens (tertiary/aromatic N) is 2. The Labute approximate surface area is 215 Å². The highest BCUT2D eigenvalue weighted by Crippen LogP contribution is 2.28. The molecule has 0 atom stereocenters. The van der Waals surface area contributed by atoms with Crippen LogP contribution in [0.15, 0.2) is 83.8 Å². The van der Waals surface area contributed by atoms with E-state index in [9.17, 15) is 9.59 Å². The van der Waals surface area contributed by atoms with E-state index in [1.54, 1.807) is 11.9 Å². The Balaban J connectivity index is 1.23. The van der Waals surface area contributed by atoms with Crippen LogP contribution in [0, 0.1) is 0 Å². The zero-order chi connectivity index (χ0) is 24.5. The second-order valence-electron chi connectivity index (χ2n) is 8.27. The number of hydrogen-bond donors (Lipinski definition) is 2. The van der Waals surface area contributed by atoms with Gasteiger partial charge in [-0.3, -0.25) is 9.59 Å². The minimum Gasteiger partial charge on any atom is -0.370 e. The molecule has 4 rings (SSSR count). The Hall–Kier alpha value is -2.94. The highest BCUT2D eigenvalue weighted by molar-refractivity contribution is 8.02. The van der Waals surface area contributed by atoms with Gasteiger partial charge in [0.2, 0.25) is 0 Å². The topological polar surface area (TPSA) is 64.7 Å². The molecule has 3 aromatic carbocycles. The molecule has 0 unspecified atom stereocenters. The third-order valence-electron chi connectivity index (χ3n) is 5.55. The Morgan fingerprint density at radius 1 is 0.914 bits per heavy atom. The van der Waals surface area contributed by atoms with E-state index in [4.69, 9.17) is 0 Å². The van der Waals surface area contributed by atoms with Gasteiger partial charge in [0.25, 0.3) is 11.8 Å². The molecule has 1 fully saturated rings. The molecule has 2 amide bonds. The molecule has 3 aromatic rings. The average Bonchev–Trinajstić information content (AvgIpc) is 3.40. The summed E-state index contributed by atoms with van der Waals surface area (Å²) in [6.45, 7) is 2.48. The molecule has 0 bridgehead atoms. The maximum Gasteiger partial charge on any atom is 0.251 e. The van der Waals surface area contributed by atoms with Gasteiger partial charge in [-0.05, 0) is 60.0 Å². The molecule has 1 saturated heterocycles. The van der Waals surface area contributed by atoms with Gasteiger partial charge in [0.15, 0.2) is 0 Å². The van der Waals surface area contributed by atoms with Crippen LogP contribution in [-0.2, 0) is 6.54 Å². The van der Waals surface area contributed by atoms with Gasteiger partial charge in [0.1, 0.15) is 0 Å². The smallest absolute Gasteiger partial charge is 0.251 e. The number of nitrogens with one attached hydrogen (secondary N) is 2. The van der Waals surface area contributed by atoms with Crippen LogP contribution in [0.4, 0.5) is 5.69 Å². The van der Waals surface area contributed by atoms with E-state index in [1.807, 2.05) is 85.5 Å². The first kappa shape index (κ1) is 25.2. The molecule has 8 heteroatoms. The first-order chi connectivity index (χ1) is 17.1. The molecular weight excluding hydrogens is 476 g/mol. The number of carbonyl (C=O) groups is 2. The van der Waals surface area contributed by atoms with Crippen LogP contribution in [0.2, 0.25) is 0 Å². The summed E-state index contributed by atoms with van der Waals surface area (Å²) in [6.07, 6.45) is 0. The second kappa shape index (κ2) is 12.7. The molecule has 0 saturated carbocycles. The summed E-state index contributed by atoms with van der Waals surface area (Å²) in [4.78, 5) is 28.4. The number of rotatable bonds is 10. The van der Waals surface area contributed by atoms with E-state index < -0.39 is 0 Å². The van der Waals surface area contributed by atoms with Crippen molar-refractivity contribution in [2.24, 2.45) is 0 Å². The van der Waals surface area contributed by atoms with Crippen molar-refractivity contribution in [3.63, 3.8) is 0 Å². The molecule has 0 aromatic heterocycles. The molecule has 0 aliphatic carbocycles. The fourth-order valence-electron chi connectivity index (χ4n) is 3.73. The van der Waals surface area contributed by atoms with Crippen molar-refractivity contribution < 1.29 is 9.59 Å². The van der Waals surface area contributed by atoms with Gasteiger partial charge in [0.05, 0.1) is 5.88 Å². The van der Waals surface area contributed by atoms with Gasteiger partial charge in [0, 0.05) is 60.7 Å². The lowest BCUT2D eigenvalue weighted by molar-refractivity contribution is 0.0927. The number of amides is 2. The normalized spacial score (nSPS) is 13.4. The zero-order valence-electron chi connectivity index (χ0n) is 19.8. The number of thioether (sulfide) groups is 1. The maximum absolute atomic E-state index is 12.6. The van der Waals surface area contributed by atoms with Crippen molar-refractivity contribution in [2.45, 2.75) is 11.4 Å². The van der Waals surface area contributed by atoms with E-state index in [0.29, 0.717) is 30.8 Å². The predicted molar refractivity (Wildman–Crippen MR) is 146 cm³/mol. The Morgan fingerprint density at radius 3 is 2.29 bits per heavy atom. The molecular formula is C27H30N4O2S2. The van der Waals surface area contributed by atoms with Crippen LogP contribution in [0.5, 0.6) is 0 Å². The quantitative estimate of drug-likeness (QED) is 0.312. The average molecular weight is 507 g/mol. The summed E-state index contributed by atoms with van der Waals surface area (Å²) in [6, 6.07) is 25.4. The lowest BCUT2D eigenvalue weighted by Gasteiger charge is -2.19. The lowest BCUT2D eigenvalue weighted by Crippen LogP contribution is -2.34. The van der Waals surface area contributed by atoms with E-state index in [0.717, 1.165) is 34.3 Å². The predicted octanol–water partition coefficient (Wildman–Crippen LogP) is 4.50. The first-order valence-corrected chi connectivity index (χ1v) is 13.5. The zero-order valence-corrected chi connectivity index (χ0v) is 21.4. The van der Waals surface area contributed by atoms with Crippen LogP contribution < -0.4 is 15.5 Å². The standard InChI is InChI=1S/C27H30N4O2S2/c1-30(24-10-3-2-4-11-24)19-21-7-5-8-22(17-21)26(32)28-13-14-29-27(33)23-9-6-12-25(18-23)35-31-15-16-34-20-31/h2-12,17-18H,13-16,19-20H2,1H3,(H,28,32)(H,29,33). The third-order valence-corrected chi connectivity index (χ3v) is 7.72. The van der Waals surface area contributed by atoms with Crippen LogP contribution in [0.3, 0.4) is 0 Å². The SMILES string of the molecule is CN(Cc1cccc(C(=O)NCCNC(=O)c2cccc(SN3CCSC3)c2)c1)c1ccccc1. The van der Waals surface area contributed by atoms with Crippen LogP contribution >= 0.6 is 23.7 Å². The first-order valence-electron chi connectivity index (χ1n) is 11.6. The van der Waals surface area contributed by atoms with E-state index in [2.05, 4.69) is 32.0 Å². The summed E-state index contributed by atoms with van der Waals surface area (Å²) >= 11 is 3.61. The van der Waals surface area contributed by atoms with Crippen LogP contribution in [-0.4, -0.2) is 54.4 Å². The van der Waals surface area contributed by atoms with Crippen molar-refractivity contribution in [2.75, 3.05) is 43.2 Å². The largest absolute Gasteiger partial charge is 0.370 e. The number of carbonyl (C=O) groups excluding carboxylic acids is 2. The Bertz CT molecular complexity index is 1140. The van der Waals surface area contributed by atoms with Crippen molar-refractivity contribution in [1.29, 1.82) is 0 Å². The molecule has 0 spiro atoms. The molecule has 1 aliphatic heterocycles. The van der Waals surface area contributed by atoms with Gasteiger partial charge in [-0.15, -0.1) is 11.8 Å². The number of anilines is 1. The van der Waals surface area contributed by atoms with Gasteiger partial charge >= 0.3 is 0 Å². The van der Waals surface area contributed by atoms with Crippen molar-refractivity contribution in [3.05, 3.63) is 95.6 Å². The van der Waals surface area contributed by atoms with Crippen molar-refractivity contribution in [1.82, 2.24) is 14.9 Å². The molecule has 1 aliphatic rings. The highest BCUT2D eigenvalue weighted by atomic mass is 32.2.